The Morgan fingerprint density at radius 2 is 2.31 bits per heavy atom. The smallest absolute Gasteiger partial charge is 0.0717 e. The van der Waals surface area contributed by atoms with Gasteiger partial charge in [-0.3, -0.25) is 0 Å². The van der Waals surface area contributed by atoms with Gasteiger partial charge in [0, 0.05) is 12.6 Å². The fourth-order valence-corrected chi connectivity index (χ4v) is 1.80. The molecule has 1 rings (SSSR count). The lowest BCUT2D eigenvalue weighted by atomic mass is 10.1. The Morgan fingerprint density at radius 1 is 1.54 bits per heavy atom. The quantitative estimate of drug-likeness (QED) is 0.654. The van der Waals surface area contributed by atoms with E-state index in [1.165, 1.54) is 12.8 Å². The molecule has 13 heavy (non-hydrogen) atoms. The highest BCUT2D eigenvalue weighted by atomic mass is 16.3. The van der Waals surface area contributed by atoms with Gasteiger partial charge in [-0.05, 0) is 33.0 Å². The molecule has 3 nitrogen and oxygen atoms in total. The molecule has 0 aromatic rings. The first-order valence-corrected chi connectivity index (χ1v) is 5.34. The molecule has 0 bridgehead atoms. The molecule has 1 fully saturated rings. The van der Waals surface area contributed by atoms with Gasteiger partial charge in [-0.25, -0.2) is 0 Å². The predicted molar refractivity (Wildman–Crippen MR) is 54.8 cm³/mol. The van der Waals surface area contributed by atoms with Gasteiger partial charge in [-0.15, -0.1) is 0 Å². The number of aliphatic hydroxyl groups is 1. The second kappa shape index (κ2) is 5.58. The molecule has 1 aliphatic heterocycles. The molecule has 2 unspecified atom stereocenters. The Bertz CT molecular complexity index is 141. The highest BCUT2D eigenvalue weighted by Crippen LogP contribution is 2.07. The number of hydrogen-bond acceptors (Lipinski definition) is 3. The van der Waals surface area contributed by atoms with E-state index in [1.807, 2.05) is 0 Å². The minimum absolute atomic E-state index is 0.135. The van der Waals surface area contributed by atoms with Crippen molar-refractivity contribution in [3.63, 3.8) is 0 Å². The molecule has 0 aromatic heterocycles. The van der Waals surface area contributed by atoms with Gasteiger partial charge in [0.15, 0.2) is 0 Å². The summed E-state index contributed by atoms with van der Waals surface area (Å²) in [4.78, 5) is 2.30. The zero-order chi connectivity index (χ0) is 9.68. The van der Waals surface area contributed by atoms with Crippen LogP contribution in [-0.4, -0.2) is 48.8 Å². The van der Waals surface area contributed by atoms with Gasteiger partial charge < -0.3 is 15.3 Å². The summed E-state index contributed by atoms with van der Waals surface area (Å²) in [6.07, 6.45) is 3.26. The maximum Gasteiger partial charge on any atom is 0.0717 e. The molecule has 1 heterocycles. The van der Waals surface area contributed by atoms with E-state index in [4.69, 9.17) is 0 Å². The topological polar surface area (TPSA) is 35.5 Å². The van der Waals surface area contributed by atoms with E-state index in [-0.39, 0.29) is 6.10 Å². The third kappa shape index (κ3) is 3.63. The largest absolute Gasteiger partial charge is 0.391 e. The van der Waals surface area contributed by atoms with Crippen molar-refractivity contribution in [3.05, 3.63) is 0 Å². The first-order chi connectivity index (χ1) is 6.24. The molecule has 78 valence electrons. The van der Waals surface area contributed by atoms with Crippen molar-refractivity contribution < 1.29 is 5.11 Å². The van der Waals surface area contributed by atoms with Crippen LogP contribution < -0.4 is 5.32 Å². The monoisotopic (exact) mass is 186 g/mol. The summed E-state index contributed by atoms with van der Waals surface area (Å²) >= 11 is 0. The van der Waals surface area contributed by atoms with Crippen molar-refractivity contribution >= 4 is 0 Å². The summed E-state index contributed by atoms with van der Waals surface area (Å²) in [7, 11) is 2.13. The van der Waals surface area contributed by atoms with Crippen molar-refractivity contribution in [1.82, 2.24) is 10.2 Å². The van der Waals surface area contributed by atoms with Crippen LogP contribution in [0.1, 0.15) is 26.2 Å². The molecule has 1 aliphatic rings. The molecule has 3 heteroatoms. The second-order valence-corrected chi connectivity index (χ2v) is 4.03. The van der Waals surface area contributed by atoms with Crippen LogP contribution in [0.3, 0.4) is 0 Å². The number of unbranched alkanes of at least 4 members (excludes halogenated alkanes) is 1. The molecule has 2 atom stereocenters. The maximum atomic E-state index is 9.57. The Morgan fingerprint density at radius 3 is 2.85 bits per heavy atom. The van der Waals surface area contributed by atoms with Gasteiger partial charge in [0.05, 0.1) is 6.10 Å². The van der Waals surface area contributed by atoms with E-state index in [0.717, 1.165) is 26.1 Å². The van der Waals surface area contributed by atoms with Crippen LogP contribution in [0.2, 0.25) is 0 Å². The molecule has 0 aromatic carbocycles. The van der Waals surface area contributed by atoms with Crippen molar-refractivity contribution in [2.75, 3.05) is 26.7 Å². The van der Waals surface area contributed by atoms with Gasteiger partial charge in [-0.1, -0.05) is 13.3 Å². The lowest BCUT2D eigenvalue weighted by molar-refractivity contribution is 0.137. The lowest BCUT2D eigenvalue weighted by Gasteiger charge is -2.22. The summed E-state index contributed by atoms with van der Waals surface area (Å²) in [6, 6.07) is 0.293. The SMILES string of the molecule is CCCCN(C)CC1NCCC1O. The highest BCUT2D eigenvalue weighted by molar-refractivity contribution is 4.85. The normalized spacial score (nSPS) is 28.6. The minimum Gasteiger partial charge on any atom is -0.391 e. The third-order valence-corrected chi connectivity index (χ3v) is 2.71. The summed E-state index contributed by atoms with van der Waals surface area (Å²) < 4.78 is 0. The fourth-order valence-electron chi connectivity index (χ4n) is 1.80. The van der Waals surface area contributed by atoms with Crippen LogP contribution >= 0.6 is 0 Å². The van der Waals surface area contributed by atoms with Crippen molar-refractivity contribution in [2.45, 2.75) is 38.3 Å². The first-order valence-electron chi connectivity index (χ1n) is 5.34. The number of likely N-dealkylation sites (N-methyl/N-ethyl adjacent to an activating group) is 1. The summed E-state index contributed by atoms with van der Waals surface area (Å²) in [5, 5.41) is 12.9. The van der Waals surface area contributed by atoms with Gasteiger partial charge >= 0.3 is 0 Å². The molecule has 0 radical (unpaired) electrons. The summed E-state index contributed by atoms with van der Waals surface area (Å²) in [5.41, 5.74) is 0. The van der Waals surface area contributed by atoms with E-state index < -0.39 is 0 Å². The molecule has 0 spiro atoms. The van der Waals surface area contributed by atoms with E-state index in [9.17, 15) is 5.11 Å². The van der Waals surface area contributed by atoms with Crippen molar-refractivity contribution in [3.8, 4) is 0 Å². The number of rotatable bonds is 5. The van der Waals surface area contributed by atoms with E-state index in [2.05, 4.69) is 24.2 Å². The van der Waals surface area contributed by atoms with Gasteiger partial charge in [0.2, 0.25) is 0 Å². The maximum absolute atomic E-state index is 9.57. The van der Waals surface area contributed by atoms with Gasteiger partial charge in [0.25, 0.3) is 0 Å². The number of hydrogen-bond donors (Lipinski definition) is 2. The molecule has 0 aliphatic carbocycles. The van der Waals surface area contributed by atoms with E-state index in [0.29, 0.717) is 6.04 Å². The lowest BCUT2D eigenvalue weighted by Crippen LogP contribution is -2.41. The zero-order valence-electron chi connectivity index (χ0n) is 8.79. The van der Waals surface area contributed by atoms with Crippen LogP contribution in [0.5, 0.6) is 0 Å². The fraction of sp³-hybridized carbons (Fsp3) is 1.00. The average molecular weight is 186 g/mol. The summed E-state index contributed by atoms with van der Waals surface area (Å²) in [5.74, 6) is 0. The molecule has 0 amide bonds. The number of nitrogens with zero attached hydrogens (tertiary/aromatic N) is 1. The van der Waals surface area contributed by atoms with Gasteiger partial charge in [-0.2, -0.15) is 0 Å². The first kappa shape index (κ1) is 11.0. The van der Waals surface area contributed by atoms with Crippen LogP contribution in [0.15, 0.2) is 0 Å². The molecule has 1 saturated heterocycles. The minimum atomic E-state index is -0.135. The predicted octanol–water partition coefficient (Wildman–Crippen LogP) is 0.441. The van der Waals surface area contributed by atoms with E-state index >= 15 is 0 Å². The average Bonchev–Trinajstić information content (AvgIpc) is 2.48. The number of aliphatic hydroxyl groups excluding tert-OH is 1. The molecular weight excluding hydrogens is 164 g/mol. The Labute approximate surface area is 81.1 Å². The molecular formula is C10H22N2O. The molecule has 0 saturated carbocycles. The summed E-state index contributed by atoms with van der Waals surface area (Å²) in [6.45, 7) is 5.28. The Kier molecular flexibility index (Phi) is 4.70. The van der Waals surface area contributed by atoms with Crippen LogP contribution in [0.4, 0.5) is 0 Å². The Balaban J connectivity index is 2.15. The van der Waals surface area contributed by atoms with Crippen LogP contribution in [0, 0.1) is 0 Å². The zero-order valence-corrected chi connectivity index (χ0v) is 8.79. The molecule has 2 N–H and O–H groups in total. The Hall–Kier alpha value is -0.120. The highest BCUT2D eigenvalue weighted by Gasteiger charge is 2.25. The van der Waals surface area contributed by atoms with Crippen LogP contribution in [-0.2, 0) is 0 Å². The van der Waals surface area contributed by atoms with Crippen LogP contribution in [0.25, 0.3) is 0 Å². The van der Waals surface area contributed by atoms with Crippen molar-refractivity contribution in [2.24, 2.45) is 0 Å². The van der Waals surface area contributed by atoms with Crippen molar-refractivity contribution in [1.29, 1.82) is 0 Å². The van der Waals surface area contributed by atoms with E-state index in [1.54, 1.807) is 0 Å². The standard InChI is InChI=1S/C10H22N2O/c1-3-4-7-12(2)8-9-10(13)5-6-11-9/h9-11,13H,3-8H2,1-2H3. The second-order valence-electron chi connectivity index (χ2n) is 4.03. The third-order valence-electron chi connectivity index (χ3n) is 2.71. The number of nitrogens with one attached hydrogen (secondary N) is 1. The van der Waals surface area contributed by atoms with Gasteiger partial charge in [0.1, 0.15) is 0 Å².